The zero-order valence-electron chi connectivity index (χ0n) is 24.6. The Morgan fingerprint density at radius 2 is 1.68 bits per heavy atom. The predicted octanol–water partition coefficient (Wildman–Crippen LogP) is 4.33. The van der Waals surface area contributed by atoms with Crippen molar-refractivity contribution in [2.75, 3.05) is 41.3 Å². The van der Waals surface area contributed by atoms with E-state index in [2.05, 4.69) is 20.5 Å². The summed E-state index contributed by atoms with van der Waals surface area (Å²) in [6.07, 6.45) is 7.82. The number of aromatic nitrogens is 1. The van der Waals surface area contributed by atoms with E-state index >= 15 is 0 Å². The molecular weight excluding hydrogens is 574 g/mol. The van der Waals surface area contributed by atoms with Crippen LogP contribution in [0.15, 0.2) is 77.8 Å². The number of nitrogens with one attached hydrogen (secondary N) is 2. The first-order valence-corrected chi connectivity index (χ1v) is 16.7. The number of amides is 1. The highest BCUT2D eigenvalue weighted by Crippen LogP contribution is 2.37. The minimum absolute atomic E-state index is 0.0493. The van der Waals surface area contributed by atoms with E-state index in [4.69, 9.17) is 16.6 Å². The summed E-state index contributed by atoms with van der Waals surface area (Å²) in [5, 5.41) is 13.8. The van der Waals surface area contributed by atoms with Crippen molar-refractivity contribution in [3.05, 3.63) is 72.9 Å². The van der Waals surface area contributed by atoms with Crippen LogP contribution < -0.4 is 32.1 Å². The number of nitrogens with two attached hydrogens (primary N) is 3. The smallest absolute Gasteiger partial charge is 0.248 e. The highest BCUT2D eigenvalue weighted by molar-refractivity contribution is 7.89. The molecule has 44 heavy (non-hydrogen) atoms. The van der Waals surface area contributed by atoms with Crippen LogP contribution in [0.4, 0.5) is 22.9 Å². The Kier molecular flexibility index (Phi) is 8.44. The van der Waals surface area contributed by atoms with Gasteiger partial charge in [0.2, 0.25) is 15.9 Å². The molecule has 1 aromatic heterocycles. The third-order valence-electron chi connectivity index (χ3n) is 9.08. The van der Waals surface area contributed by atoms with Crippen molar-refractivity contribution >= 4 is 49.6 Å². The molecule has 2 unspecified atom stereocenters. The summed E-state index contributed by atoms with van der Waals surface area (Å²) >= 11 is 0. The Balaban J connectivity index is 1.30. The van der Waals surface area contributed by atoms with Crippen LogP contribution in [-0.4, -0.2) is 45.0 Å². The van der Waals surface area contributed by atoms with E-state index in [0.717, 1.165) is 23.0 Å². The van der Waals surface area contributed by atoms with E-state index < -0.39 is 16.1 Å². The van der Waals surface area contributed by atoms with Gasteiger partial charge in [0.1, 0.15) is 11.9 Å². The maximum atomic E-state index is 14.0. The number of nitrogens with zero attached hydrogens (tertiary/aromatic N) is 2. The lowest BCUT2D eigenvalue weighted by Gasteiger charge is -2.36. The number of anilines is 4. The highest BCUT2D eigenvalue weighted by Gasteiger charge is 2.35. The molecule has 8 N–H and O–H groups in total. The first-order valence-electron chi connectivity index (χ1n) is 15.1. The lowest BCUT2D eigenvalue weighted by molar-refractivity contribution is -0.117. The Bertz CT molecular complexity index is 1770. The molecular formula is C33H39N7O3S. The second kappa shape index (κ2) is 12.4. The molecule has 4 aromatic rings. The van der Waals surface area contributed by atoms with Gasteiger partial charge in [0.15, 0.2) is 0 Å². The molecule has 1 aliphatic heterocycles. The number of nitrogen functional groups attached to an aromatic ring is 2. The minimum atomic E-state index is -3.90. The van der Waals surface area contributed by atoms with Gasteiger partial charge >= 0.3 is 0 Å². The summed E-state index contributed by atoms with van der Waals surface area (Å²) in [7, 11) is -3.90. The van der Waals surface area contributed by atoms with Crippen LogP contribution >= 0.6 is 0 Å². The third-order valence-corrected chi connectivity index (χ3v) is 10.0. The fraction of sp³-hybridized carbons (Fsp3) is 0.333. The Labute approximate surface area is 258 Å². The molecule has 6 rings (SSSR count). The topological polar surface area (TPSA) is 169 Å². The van der Waals surface area contributed by atoms with Gasteiger partial charge in [-0.05, 0) is 59.2 Å². The first-order chi connectivity index (χ1) is 21.2. The van der Waals surface area contributed by atoms with Gasteiger partial charge in [-0.2, -0.15) is 0 Å². The summed E-state index contributed by atoms with van der Waals surface area (Å²) in [4.78, 5) is 20.5. The number of pyridine rings is 1. The number of sulfonamides is 1. The number of benzene rings is 3. The van der Waals surface area contributed by atoms with Crippen molar-refractivity contribution in [3.63, 3.8) is 0 Å². The van der Waals surface area contributed by atoms with Crippen LogP contribution in [0.3, 0.4) is 0 Å². The van der Waals surface area contributed by atoms with Crippen LogP contribution in [-0.2, 0) is 14.8 Å². The summed E-state index contributed by atoms with van der Waals surface area (Å²) in [5.74, 6) is 1.21. The number of primary sulfonamides is 1. The molecule has 230 valence electrons. The molecule has 1 saturated heterocycles. The van der Waals surface area contributed by atoms with Crippen molar-refractivity contribution in [1.82, 2.24) is 10.3 Å². The SMILES string of the molecule is Nc1cc2ccnc(N)c2cc1N1CC(C2CCCCC2)CNCC1C(=O)Nc1ccc(-c2ccccc2S(N)(=O)=O)cc1. The van der Waals surface area contributed by atoms with E-state index in [-0.39, 0.29) is 10.8 Å². The summed E-state index contributed by atoms with van der Waals surface area (Å²) in [6, 6.07) is 18.9. The maximum absolute atomic E-state index is 14.0. The molecule has 0 spiro atoms. The molecule has 0 radical (unpaired) electrons. The molecule has 10 nitrogen and oxygen atoms in total. The lowest BCUT2D eigenvalue weighted by atomic mass is 9.79. The van der Waals surface area contributed by atoms with Gasteiger partial charge in [0, 0.05) is 42.5 Å². The average Bonchev–Trinajstić information content (AvgIpc) is 3.25. The molecule has 0 bridgehead atoms. The number of rotatable bonds is 6. The minimum Gasteiger partial charge on any atom is -0.397 e. The van der Waals surface area contributed by atoms with Crippen LogP contribution in [0, 0.1) is 11.8 Å². The van der Waals surface area contributed by atoms with Crippen molar-refractivity contribution in [3.8, 4) is 11.1 Å². The number of carbonyl (C=O) groups is 1. The summed E-state index contributed by atoms with van der Waals surface area (Å²) in [6.45, 7) is 1.98. The molecule has 1 amide bonds. The van der Waals surface area contributed by atoms with E-state index in [1.54, 1.807) is 48.7 Å². The molecule has 2 aliphatic rings. The second-order valence-electron chi connectivity index (χ2n) is 11.9. The van der Waals surface area contributed by atoms with Crippen LogP contribution in [0.25, 0.3) is 21.9 Å². The van der Waals surface area contributed by atoms with Gasteiger partial charge in [0.05, 0.1) is 16.3 Å². The quantitative estimate of drug-likeness (QED) is 0.200. The highest BCUT2D eigenvalue weighted by atomic mass is 32.2. The lowest BCUT2D eigenvalue weighted by Crippen LogP contribution is -2.49. The van der Waals surface area contributed by atoms with Crippen LogP contribution in [0.2, 0.25) is 0 Å². The van der Waals surface area contributed by atoms with E-state index in [9.17, 15) is 13.2 Å². The molecule has 2 atom stereocenters. The van der Waals surface area contributed by atoms with E-state index in [1.165, 1.54) is 38.2 Å². The molecule has 11 heteroatoms. The number of fused-ring (bicyclic) bond motifs is 1. The van der Waals surface area contributed by atoms with Gasteiger partial charge in [0.25, 0.3) is 0 Å². The summed E-state index contributed by atoms with van der Waals surface area (Å²) in [5.41, 5.74) is 16.1. The first kappa shape index (κ1) is 29.9. The van der Waals surface area contributed by atoms with E-state index in [1.807, 2.05) is 18.2 Å². The largest absolute Gasteiger partial charge is 0.397 e. The Hall–Kier alpha value is -4.19. The van der Waals surface area contributed by atoms with Crippen LogP contribution in [0.5, 0.6) is 0 Å². The molecule has 1 saturated carbocycles. The average molecular weight is 614 g/mol. The number of hydrogen-bond donors (Lipinski definition) is 5. The fourth-order valence-corrected chi connectivity index (χ4v) is 7.55. The third kappa shape index (κ3) is 6.21. The zero-order valence-corrected chi connectivity index (χ0v) is 25.4. The van der Waals surface area contributed by atoms with Crippen molar-refractivity contribution in [2.45, 2.75) is 43.0 Å². The van der Waals surface area contributed by atoms with Gasteiger partial charge in [-0.1, -0.05) is 62.4 Å². The molecule has 1 aliphatic carbocycles. The van der Waals surface area contributed by atoms with E-state index in [0.29, 0.717) is 53.2 Å². The van der Waals surface area contributed by atoms with Gasteiger partial charge in [-0.3, -0.25) is 4.79 Å². The molecule has 2 fully saturated rings. The maximum Gasteiger partial charge on any atom is 0.248 e. The van der Waals surface area contributed by atoms with Crippen molar-refractivity contribution < 1.29 is 13.2 Å². The van der Waals surface area contributed by atoms with Gasteiger partial charge in [-0.25, -0.2) is 18.5 Å². The molecule has 2 heterocycles. The number of carbonyl (C=O) groups excluding carboxylic acids is 1. The second-order valence-corrected chi connectivity index (χ2v) is 13.5. The van der Waals surface area contributed by atoms with Crippen molar-refractivity contribution in [1.29, 1.82) is 0 Å². The Morgan fingerprint density at radius 1 is 0.932 bits per heavy atom. The monoisotopic (exact) mass is 613 g/mol. The Morgan fingerprint density at radius 3 is 2.43 bits per heavy atom. The zero-order chi connectivity index (χ0) is 30.8. The molecule has 3 aromatic carbocycles. The van der Waals surface area contributed by atoms with Gasteiger partial charge < -0.3 is 27.0 Å². The van der Waals surface area contributed by atoms with Crippen molar-refractivity contribution in [2.24, 2.45) is 17.0 Å². The standard InChI is InChI=1S/C33H39N7O3S/c34-28-16-23-14-15-38-32(35)27(23)17-29(28)40-20-24(21-6-2-1-3-7-21)18-37-19-30(40)33(41)39-25-12-10-22(11-13-25)26-8-4-5-9-31(26)44(36,42)43/h4-5,8-17,21,24,30,37H,1-3,6-7,18-20,34H2,(H2,35,38)(H,39,41)(H2,36,42,43). The fourth-order valence-electron chi connectivity index (χ4n) is 6.79. The normalized spacial score (nSPS) is 19.9. The predicted molar refractivity (Wildman–Crippen MR) is 177 cm³/mol. The summed E-state index contributed by atoms with van der Waals surface area (Å²) < 4.78 is 24.2. The number of hydrogen-bond acceptors (Lipinski definition) is 8. The van der Waals surface area contributed by atoms with Crippen LogP contribution in [0.1, 0.15) is 32.1 Å². The van der Waals surface area contributed by atoms with Gasteiger partial charge in [-0.15, -0.1) is 0 Å².